The van der Waals surface area contributed by atoms with Crippen LogP contribution in [0.3, 0.4) is 0 Å². The van der Waals surface area contributed by atoms with Gasteiger partial charge in [-0.1, -0.05) is 24.3 Å². The highest BCUT2D eigenvalue weighted by atomic mass is 32.2. The van der Waals surface area contributed by atoms with Crippen LogP contribution in [0.1, 0.15) is 39.6 Å². The van der Waals surface area contributed by atoms with Crippen molar-refractivity contribution in [1.29, 1.82) is 0 Å². The topological polar surface area (TPSA) is 93.1 Å². The number of aromatic hydroxyl groups is 1. The van der Waals surface area contributed by atoms with E-state index in [9.17, 15) is 19.5 Å². The Morgan fingerprint density at radius 3 is 2.81 bits per heavy atom. The summed E-state index contributed by atoms with van der Waals surface area (Å²) in [5.41, 5.74) is 1.47. The first kappa shape index (κ1) is 23.7. The van der Waals surface area contributed by atoms with Gasteiger partial charge in [0.1, 0.15) is 18.1 Å². The van der Waals surface area contributed by atoms with Crippen molar-refractivity contribution in [3.63, 3.8) is 0 Å². The van der Waals surface area contributed by atoms with Crippen LogP contribution in [-0.4, -0.2) is 65.5 Å². The van der Waals surface area contributed by atoms with Gasteiger partial charge in [0.2, 0.25) is 0 Å². The summed E-state index contributed by atoms with van der Waals surface area (Å²) < 4.78 is 10.8. The largest absolute Gasteiger partial charge is 0.507 e. The minimum atomic E-state index is -0.285. The number of rotatable bonds is 9. The number of carbonyl (C=O) groups is 3. The molecule has 1 aliphatic rings. The summed E-state index contributed by atoms with van der Waals surface area (Å²) in [6, 6.07) is 11.8. The Morgan fingerprint density at radius 2 is 2.03 bits per heavy atom. The van der Waals surface area contributed by atoms with Crippen LogP contribution in [0.25, 0.3) is 0 Å². The second-order valence-electron chi connectivity index (χ2n) is 7.31. The number of aldehydes is 1. The third-order valence-corrected chi connectivity index (χ3v) is 6.32. The van der Waals surface area contributed by atoms with Gasteiger partial charge in [0.05, 0.1) is 18.2 Å². The standard InChI is InChI=1S/C24H27NO6S/c1-2-30-23(28)11-10-17-6-3-4-7-19(17)24(29)25-12-13-32-16-18(25)15-31-22-9-5-8-21(27)20(22)14-26/h3-9,14,18,27H,2,10-13,15-16H2,1H3/t18-/m1/s1. The highest BCUT2D eigenvalue weighted by Gasteiger charge is 2.30. The Balaban J connectivity index is 1.73. The lowest BCUT2D eigenvalue weighted by atomic mass is 10.0. The number of esters is 1. The van der Waals surface area contributed by atoms with Crippen molar-refractivity contribution in [3.8, 4) is 11.5 Å². The maximum Gasteiger partial charge on any atom is 0.306 e. The molecule has 0 saturated carbocycles. The van der Waals surface area contributed by atoms with Crippen molar-refractivity contribution in [2.45, 2.75) is 25.8 Å². The summed E-state index contributed by atoms with van der Waals surface area (Å²) in [5.74, 6) is 1.28. The predicted molar refractivity (Wildman–Crippen MR) is 123 cm³/mol. The van der Waals surface area contributed by atoms with Gasteiger partial charge >= 0.3 is 5.97 Å². The third kappa shape index (κ3) is 5.82. The fourth-order valence-electron chi connectivity index (χ4n) is 3.59. The highest BCUT2D eigenvalue weighted by molar-refractivity contribution is 7.99. The van der Waals surface area contributed by atoms with Crippen LogP contribution in [0.15, 0.2) is 42.5 Å². The van der Waals surface area contributed by atoms with E-state index in [1.165, 1.54) is 6.07 Å². The Labute approximate surface area is 191 Å². The quantitative estimate of drug-likeness (QED) is 0.456. The van der Waals surface area contributed by atoms with Crippen LogP contribution in [-0.2, 0) is 16.0 Å². The number of carbonyl (C=O) groups excluding carboxylic acids is 3. The van der Waals surface area contributed by atoms with E-state index in [-0.39, 0.29) is 48.0 Å². The van der Waals surface area contributed by atoms with Gasteiger partial charge in [-0.15, -0.1) is 0 Å². The smallest absolute Gasteiger partial charge is 0.306 e. The molecule has 1 saturated heterocycles. The van der Waals surface area contributed by atoms with Crippen molar-refractivity contribution in [2.75, 3.05) is 31.3 Å². The zero-order valence-electron chi connectivity index (χ0n) is 18.0. The molecule has 8 heteroatoms. The summed E-state index contributed by atoms with van der Waals surface area (Å²) in [6.07, 6.45) is 1.20. The van der Waals surface area contributed by atoms with Crippen molar-refractivity contribution >= 4 is 29.9 Å². The van der Waals surface area contributed by atoms with E-state index >= 15 is 0 Å². The maximum atomic E-state index is 13.4. The molecular weight excluding hydrogens is 430 g/mol. The number of benzene rings is 2. The van der Waals surface area contributed by atoms with E-state index in [0.29, 0.717) is 37.2 Å². The molecule has 0 spiro atoms. The molecule has 3 rings (SSSR count). The van der Waals surface area contributed by atoms with Crippen LogP contribution in [0.2, 0.25) is 0 Å². The number of hydrogen-bond donors (Lipinski definition) is 1. The molecule has 0 aromatic heterocycles. The maximum absolute atomic E-state index is 13.4. The lowest BCUT2D eigenvalue weighted by Gasteiger charge is -2.35. The summed E-state index contributed by atoms with van der Waals surface area (Å²) in [6.45, 7) is 2.87. The first-order valence-electron chi connectivity index (χ1n) is 10.6. The lowest BCUT2D eigenvalue weighted by molar-refractivity contribution is -0.143. The molecule has 1 aliphatic heterocycles. The highest BCUT2D eigenvalue weighted by Crippen LogP contribution is 2.27. The molecule has 1 amide bonds. The third-order valence-electron chi connectivity index (χ3n) is 5.23. The zero-order valence-corrected chi connectivity index (χ0v) is 18.8. The molecule has 0 bridgehead atoms. The zero-order chi connectivity index (χ0) is 22.9. The van der Waals surface area contributed by atoms with Crippen LogP contribution in [0.5, 0.6) is 11.5 Å². The second kappa shape index (κ2) is 11.6. The average Bonchev–Trinajstić information content (AvgIpc) is 2.81. The molecular formula is C24H27NO6S. The molecule has 1 heterocycles. The molecule has 0 radical (unpaired) electrons. The minimum absolute atomic E-state index is 0.0955. The molecule has 0 aliphatic carbocycles. The Kier molecular flexibility index (Phi) is 8.56. The van der Waals surface area contributed by atoms with Gasteiger partial charge in [0.15, 0.2) is 6.29 Å². The lowest BCUT2D eigenvalue weighted by Crippen LogP contribution is -2.49. The second-order valence-corrected chi connectivity index (χ2v) is 8.46. The van der Waals surface area contributed by atoms with Gasteiger partial charge < -0.3 is 19.5 Å². The van der Waals surface area contributed by atoms with Gasteiger partial charge in [0, 0.05) is 30.0 Å². The van der Waals surface area contributed by atoms with E-state index in [1.807, 2.05) is 18.2 Å². The van der Waals surface area contributed by atoms with Crippen LogP contribution >= 0.6 is 11.8 Å². The predicted octanol–water partition coefficient (Wildman–Crippen LogP) is 3.34. The molecule has 1 N–H and O–H groups in total. The van der Waals surface area contributed by atoms with Crippen LogP contribution < -0.4 is 4.74 Å². The van der Waals surface area contributed by atoms with E-state index in [2.05, 4.69) is 0 Å². The number of aryl methyl sites for hydroxylation is 1. The van der Waals surface area contributed by atoms with E-state index < -0.39 is 0 Å². The van der Waals surface area contributed by atoms with Gasteiger partial charge in [-0.05, 0) is 37.1 Å². The Bertz CT molecular complexity index is 963. The summed E-state index contributed by atoms with van der Waals surface area (Å²) in [5, 5.41) is 9.86. The molecule has 2 aromatic carbocycles. The molecule has 1 fully saturated rings. The van der Waals surface area contributed by atoms with Gasteiger partial charge in [0.25, 0.3) is 5.91 Å². The Morgan fingerprint density at radius 1 is 1.22 bits per heavy atom. The monoisotopic (exact) mass is 457 g/mol. The number of amides is 1. The molecule has 170 valence electrons. The fraction of sp³-hybridized carbons (Fsp3) is 0.375. The SMILES string of the molecule is CCOC(=O)CCc1ccccc1C(=O)N1CCSC[C@H]1COc1cccc(O)c1C=O. The van der Waals surface area contributed by atoms with Crippen molar-refractivity contribution in [2.24, 2.45) is 0 Å². The van der Waals surface area contributed by atoms with E-state index in [0.717, 1.165) is 11.3 Å². The first-order chi connectivity index (χ1) is 15.5. The number of hydrogen-bond acceptors (Lipinski definition) is 7. The van der Waals surface area contributed by atoms with Crippen LogP contribution in [0, 0.1) is 0 Å². The van der Waals surface area contributed by atoms with E-state index in [4.69, 9.17) is 9.47 Å². The van der Waals surface area contributed by atoms with Crippen molar-refractivity contribution < 1.29 is 29.0 Å². The normalized spacial score (nSPS) is 15.8. The molecule has 1 atom stereocenters. The number of ether oxygens (including phenoxy) is 2. The molecule has 32 heavy (non-hydrogen) atoms. The van der Waals surface area contributed by atoms with Crippen molar-refractivity contribution in [3.05, 3.63) is 59.2 Å². The number of thioether (sulfide) groups is 1. The Hall–Kier alpha value is -3.00. The van der Waals surface area contributed by atoms with Gasteiger partial charge in [-0.3, -0.25) is 14.4 Å². The summed E-state index contributed by atoms with van der Waals surface area (Å²) in [7, 11) is 0. The van der Waals surface area contributed by atoms with Crippen LogP contribution in [0.4, 0.5) is 0 Å². The summed E-state index contributed by atoms with van der Waals surface area (Å²) >= 11 is 1.74. The number of phenolic OH excluding ortho intramolecular Hbond substituents is 1. The fourth-order valence-corrected chi connectivity index (χ4v) is 4.64. The number of nitrogens with zero attached hydrogens (tertiary/aromatic N) is 1. The average molecular weight is 458 g/mol. The van der Waals surface area contributed by atoms with Crippen molar-refractivity contribution in [1.82, 2.24) is 4.90 Å². The first-order valence-corrected chi connectivity index (χ1v) is 11.7. The van der Waals surface area contributed by atoms with Gasteiger partial charge in [-0.2, -0.15) is 11.8 Å². The molecule has 2 aromatic rings. The number of phenols is 1. The summed E-state index contributed by atoms with van der Waals surface area (Å²) in [4.78, 5) is 38.3. The van der Waals surface area contributed by atoms with Gasteiger partial charge in [-0.25, -0.2) is 0 Å². The van der Waals surface area contributed by atoms with E-state index in [1.54, 1.807) is 41.8 Å². The minimum Gasteiger partial charge on any atom is -0.507 e. The molecule has 0 unspecified atom stereocenters. The molecule has 7 nitrogen and oxygen atoms in total.